The molecule has 0 aliphatic carbocycles. The van der Waals surface area contributed by atoms with Gasteiger partial charge in [0.15, 0.2) is 0 Å². The molecule has 1 aliphatic rings. The summed E-state index contributed by atoms with van der Waals surface area (Å²) < 4.78 is 13.9. The maximum Gasteiger partial charge on any atom is 0.139 e. The van der Waals surface area contributed by atoms with Crippen molar-refractivity contribution < 1.29 is 4.39 Å². The van der Waals surface area contributed by atoms with Crippen molar-refractivity contribution in [3.05, 3.63) is 28.2 Å². The number of aromatic nitrogens is 2. The summed E-state index contributed by atoms with van der Waals surface area (Å²) in [5, 5.41) is 3.36. The van der Waals surface area contributed by atoms with Crippen LogP contribution < -0.4 is 5.32 Å². The van der Waals surface area contributed by atoms with Crippen molar-refractivity contribution in [2.24, 2.45) is 5.92 Å². The van der Waals surface area contributed by atoms with Crippen LogP contribution >= 0.6 is 15.9 Å². The molecule has 1 fully saturated rings. The smallest absolute Gasteiger partial charge is 0.139 e. The van der Waals surface area contributed by atoms with Gasteiger partial charge < -0.3 is 10.3 Å². The Hall–Kier alpha value is -0.940. The molecule has 2 aromatic rings. The van der Waals surface area contributed by atoms with Crippen molar-refractivity contribution in [1.29, 1.82) is 0 Å². The van der Waals surface area contributed by atoms with Crippen molar-refractivity contribution in [1.82, 2.24) is 15.3 Å². The molecule has 1 aliphatic heterocycles. The molecular formula is C13H15BrFN3. The maximum absolute atomic E-state index is 13.4. The van der Waals surface area contributed by atoms with E-state index in [0.29, 0.717) is 4.47 Å². The Morgan fingerprint density at radius 1 is 1.44 bits per heavy atom. The highest BCUT2D eigenvalue weighted by atomic mass is 79.9. The van der Waals surface area contributed by atoms with E-state index in [2.05, 4.69) is 31.2 Å². The van der Waals surface area contributed by atoms with E-state index in [1.54, 1.807) is 6.07 Å². The number of halogens is 2. The second kappa shape index (κ2) is 4.97. The van der Waals surface area contributed by atoms with E-state index in [1.807, 2.05) is 0 Å². The zero-order chi connectivity index (χ0) is 12.5. The van der Waals surface area contributed by atoms with E-state index >= 15 is 0 Å². The number of benzene rings is 1. The number of fused-ring (bicyclic) bond motifs is 1. The van der Waals surface area contributed by atoms with Crippen molar-refractivity contribution in [3.8, 4) is 0 Å². The van der Waals surface area contributed by atoms with Crippen LogP contribution in [-0.2, 0) is 6.42 Å². The maximum atomic E-state index is 13.4. The first kappa shape index (κ1) is 12.1. The van der Waals surface area contributed by atoms with Gasteiger partial charge in [0.1, 0.15) is 11.6 Å². The van der Waals surface area contributed by atoms with Crippen molar-refractivity contribution in [2.45, 2.75) is 19.3 Å². The number of nitrogens with one attached hydrogen (secondary N) is 2. The molecule has 1 aromatic carbocycles. The van der Waals surface area contributed by atoms with Gasteiger partial charge in [-0.15, -0.1) is 0 Å². The minimum absolute atomic E-state index is 0.252. The number of aryl methyl sites for hydroxylation is 1. The van der Waals surface area contributed by atoms with Crippen LogP contribution in [0.25, 0.3) is 11.0 Å². The molecule has 5 heteroatoms. The fourth-order valence-corrected chi connectivity index (χ4v) is 2.81. The molecule has 3 nitrogen and oxygen atoms in total. The molecule has 3 rings (SSSR count). The van der Waals surface area contributed by atoms with Crippen molar-refractivity contribution in [3.63, 3.8) is 0 Å². The highest BCUT2D eigenvalue weighted by Gasteiger charge is 2.15. The first-order chi connectivity index (χ1) is 8.72. The Morgan fingerprint density at radius 3 is 3.11 bits per heavy atom. The highest BCUT2D eigenvalue weighted by molar-refractivity contribution is 9.10. The average Bonchev–Trinajstić information content (AvgIpc) is 2.96. The van der Waals surface area contributed by atoms with Gasteiger partial charge in [0.25, 0.3) is 0 Å². The Bertz CT molecular complexity index is 522. The highest BCUT2D eigenvalue weighted by Crippen LogP contribution is 2.23. The number of imidazole rings is 1. The lowest BCUT2D eigenvalue weighted by atomic mass is 10.0. The third-order valence-electron chi connectivity index (χ3n) is 3.52. The molecule has 96 valence electrons. The van der Waals surface area contributed by atoms with Gasteiger partial charge in [-0.1, -0.05) is 0 Å². The summed E-state index contributed by atoms with van der Waals surface area (Å²) in [5.41, 5.74) is 1.60. The predicted octanol–water partition coefficient (Wildman–Crippen LogP) is 3.01. The quantitative estimate of drug-likeness (QED) is 0.915. The molecule has 1 aromatic heterocycles. The second-order valence-corrected chi connectivity index (χ2v) is 5.72. The first-order valence-electron chi connectivity index (χ1n) is 6.27. The molecule has 2 N–H and O–H groups in total. The molecule has 0 spiro atoms. The normalized spacial score (nSPS) is 19.8. The number of nitrogens with zero attached hydrogens (tertiary/aromatic N) is 1. The molecule has 0 amide bonds. The number of hydrogen-bond acceptors (Lipinski definition) is 2. The summed E-state index contributed by atoms with van der Waals surface area (Å²) in [6.45, 7) is 2.24. The Kier molecular flexibility index (Phi) is 3.35. The topological polar surface area (TPSA) is 40.7 Å². The van der Waals surface area contributed by atoms with Crippen LogP contribution in [0.4, 0.5) is 4.39 Å². The molecule has 0 bridgehead atoms. The van der Waals surface area contributed by atoms with E-state index < -0.39 is 0 Å². The molecular weight excluding hydrogens is 297 g/mol. The van der Waals surface area contributed by atoms with Gasteiger partial charge in [0.05, 0.1) is 15.5 Å². The Morgan fingerprint density at radius 2 is 2.33 bits per heavy atom. The predicted molar refractivity (Wildman–Crippen MR) is 73.0 cm³/mol. The van der Waals surface area contributed by atoms with Gasteiger partial charge in [-0.05, 0) is 53.8 Å². The second-order valence-electron chi connectivity index (χ2n) is 4.86. The third-order valence-corrected chi connectivity index (χ3v) is 4.13. The number of hydrogen-bond donors (Lipinski definition) is 2. The van der Waals surface area contributed by atoms with Crippen LogP contribution in [0.15, 0.2) is 16.6 Å². The lowest BCUT2D eigenvalue weighted by Crippen LogP contribution is -2.09. The number of rotatable bonds is 3. The molecule has 0 radical (unpaired) electrons. The van der Waals surface area contributed by atoms with E-state index in [-0.39, 0.29) is 5.82 Å². The molecule has 18 heavy (non-hydrogen) atoms. The number of H-pyrrole nitrogens is 1. The standard InChI is InChI=1S/C13H15BrFN3/c14-9-5-11-12(6-10(9)15)18-13(17-11)2-1-8-3-4-16-7-8/h5-6,8,16H,1-4,7H2,(H,17,18). The fraction of sp³-hybridized carbons (Fsp3) is 0.462. The summed E-state index contributed by atoms with van der Waals surface area (Å²) in [7, 11) is 0. The van der Waals surface area contributed by atoms with Crippen molar-refractivity contribution >= 4 is 27.0 Å². The lowest BCUT2D eigenvalue weighted by molar-refractivity contribution is 0.526. The Balaban J connectivity index is 1.76. The van der Waals surface area contributed by atoms with Gasteiger partial charge in [-0.25, -0.2) is 9.37 Å². The summed E-state index contributed by atoms with van der Waals surface area (Å²) >= 11 is 3.18. The van der Waals surface area contributed by atoms with Crippen LogP contribution in [0.1, 0.15) is 18.7 Å². The summed E-state index contributed by atoms with van der Waals surface area (Å²) in [6, 6.07) is 3.22. The first-order valence-corrected chi connectivity index (χ1v) is 7.06. The van der Waals surface area contributed by atoms with Crippen LogP contribution in [-0.4, -0.2) is 23.1 Å². The van der Waals surface area contributed by atoms with Gasteiger partial charge >= 0.3 is 0 Å². The van der Waals surface area contributed by atoms with Crippen LogP contribution in [0.3, 0.4) is 0 Å². The fourth-order valence-electron chi connectivity index (χ4n) is 2.48. The van der Waals surface area contributed by atoms with E-state index in [9.17, 15) is 4.39 Å². The average molecular weight is 312 g/mol. The molecule has 1 saturated heterocycles. The molecule has 1 atom stereocenters. The van der Waals surface area contributed by atoms with Gasteiger partial charge in [0, 0.05) is 12.5 Å². The monoisotopic (exact) mass is 311 g/mol. The zero-order valence-electron chi connectivity index (χ0n) is 9.97. The van der Waals surface area contributed by atoms with Crippen molar-refractivity contribution in [2.75, 3.05) is 13.1 Å². The van der Waals surface area contributed by atoms with E-state index in [0.717, 1.165) is 48.7 Å². The Labute approximate surface area is 113 Å². The summed E-state index contributed by atoms with van der Waals surface area (Å²) in [6.07, 6.45) is 3.32. The largest absolute Gasteiger partial charge is 0.342 e. The minimum atomic E-state index is -0.252. The third kappa shape index (κ3) is 2.42. The van der Waals surface area contributed by atoms with Crippen LogP contribution in [0.2, 0.25) is 0 Å². The van der Waals surface area contributed by atoms with E-state index in [4.69, 9.17) is 0 Å². The zero-order valence-corrected chi connectivity index (χ0v) is 11.6. The van der Waals surface area contributed by atoms with Gasteiger partial charge in [0.2, 0.25) is 0 Å². The minimum Gasteiger partial charge on any atom is -0.342 e. The van der Waals surface area contributed by atoms with E-state index in [1.165, 1.54) is 12.5 Å². The van der Waals surface area contributed by atoms with Crippen LogP contribution in [0.5, 0.6) is 0 Å². The molecule has 1 unspecified atom stereocenters. The van der Waals surface area contributed by atoms with Gasteiger partial charge in [-0.2, -0.15) is 0 Å². The molecule has 0 saturated carbocycles. The SMILES string of the molecule is Fc1cc2[nH]c(CCC3CCNC3)nc2cc1Br. The summed E-state index contributed by atoms with van der Waals surface area (Å²) in [5.74, 6) is 1.45. The lowest BCUT2D eigenvalue weighted by Gasteiger charge is -2.05. The summed E-state index contributed by atoms with van der Waals surface area (Å²) in [4.78, 5) is 7.70. The van der Waals surface area contributed by atoms with Gasteiger partial charge in [-0.3, -0.25) is 0 Å². The van der Waals surface area contributed by atoms with Crippen LogP contribution in [0, 0.1) is 11.7 Å². The molecule has 2 heterocycles. The number of aromatic amines is 1.